The van der Waals surface area contributed by atoms with Gasteiger partial charge in [-0.05, 0) is 12.1 Å². The summed E-state index contributed by atoms with van der Waals surface area (Å²) >= 11 is 5.71. The van der Waals surface area contributed by atoms with Crippen LogP contribution < -0.4 is 11.5 Å². The number of nitrogens with two attached hydrogens (primary N) is 2. The molecule has 0 unspecified atom stereocenters. The number of carbonyl (C=O) groups excluding carboxylic acids is 1. The first kappa shape index (κ1) is 9.54. The average molecular weight is 198 g/mol. The Labute approximate surface area is 80.2 Å². The van der Waals surface area contributed by atoms with Crippen molar-refractivity contribution < 1.29 is 4.79 Å². The van der Waals surface area contributed by atoms with Crippen LogP contribution in [0.4, 0.5) is 5.69 Å². The van der Waals surface area contributed by atoms with Gasteiger partial charge < -0.3 is 11.5 Å². The summed E-state index contributed by atoms with van der Waals surface area (Å²) in [5, 5.41) is 0.284. The first-order valence-corrected chi connectivity index (χ1v) is 3.86. The second-order valence-corrected chi connectivity index (χ2v) is 2.74. The number of amides is 1. The monoisotopic (exact) mass is 197 g/mol. The number of aromatic nitrogens is 1. The van der Waals surface area contributed by atoms with Gasteiger partial charge in [0, 0.05) is 11.6 Å². The minimum absolute atomic E-state index is 0.284. The molecule has 0 spiro atoms. The molecule has 0 saturated carbocycles. The van der Waals surface area contributed by atoms with Crippen LogP contribution in [0, 0.1) is 0 Å². The van der Waals surface area contributed by atoms with Crippen molar-refractivity contribution in [1.82, 2.24) is 4.98 Å². The fourth-order valence-electron chi connectivity index (χ4n) is 0.771. The molecule has 1 aromatic rings. The molecule has 5 heteroatoms. The minimum atomic E-state index is -0.543. The van der Waals surface area contributed by atoms with E-state index in [9.17, 15) is 4.79 Å². The SMILES string of the molecule is NC(=O)C=Cc1cc(N)cnc1Cl. The number of nitrogens with zero attached hydrogens (tertiary/aromatic N) is 1. The fraction of sp³-hybridized carbons (Fsp3) is 0. The van der Waals surface area contributed by atoms with Crippen LogP contribution in [-0.2, 0) is 4.79 Å². The first-order valence-electron chi connectivity index (χ1n) is 3.48. The third-order valence-electron chi connectivity index (χ3n) is 1.31. The van der Waals surface area contributed by atoms with Crippen LogP contribution in [-0.4, -0.2) is 10.9 Å². The summed E-state index contributed by atoms with van der Waals surface area (Å²) in [4.78, 5) is 14.2. The Balaban J connectivity index is 3.00. The summed E-state index contributed by atoms with van der Waals surface area (Å²) in [7, 11) is 0. The minimum Gasteiger partial charge on any atom is -0.397 e. The predicted molar refractivity (Wildman–Crippen MR) is 51.9 cm³/mol. The summed E-state index contributed by atoms with van der Waals surface area (Å²) in [5.74, 6) is -0.543. The summed E-state index contributed by atoms with van der Waals surface area (Å²) in [6, 6.07) is 1.61. The highest BCUT2D eigenvalue weighted by atomic mass is 35.5. The van der Waals surface area contributed by atoms with E-state index in [4.69, 9.17) is 23.1 Å². The molecule has 0 saturated heterocycles. The lowest BCUT2D eigenvalue weighted by Crippen LogP contribution is -2.05. The van der Waals surface area contributed by atoms with E-state index in [-0.39, 0.29) is 5.15 Å². The van der Waals surface area contributed by atoms with Crippen molar-refractivity contribution in [3.8, 4) is 0 Å². The molecule has 0 aliphatic heterocycles. The fourth-order valence-corrected chi connectivity index (χ4v) is 0.937. The lowest BCUT2D eigenvalue weighted by atomic mass is 10.2. The maximum absolute atomic E-state index is 10.4. The van der Waals surface area contributed by atoms with Gasteiger partial charge >= 0.3 is 0 Å². The zero-order chi connectivity index (χ0) is 9.84. The number of pyridine rings is 1. The molecule has 0 atom stereocenters. The maximum Gasteiger partial charge on any atom is 0.241 e. The van der Waals surface area contributed by atoms with Gasteiger partial charge in [0.15, 0.2) is 0 Å². The summed E-state index contributed by atoms with van der Waals surface area (Å²) in [6.45, 7) is 0. The molecule has 0 aliphatic carbocycles. The smallest absolute Gasteiger partial charge is 0.241 e. The molecule has 1 amide bonds. The second kappa shape index (κ2) is 3.91. The van der Waals surface area contributed by atoms with Crippen LogP contribution >= 0.6 is 11.6 Å². The van der Waals surface area contributed by atoms with Crippen LogP contribution in [0.25, 0.3) is 6.08 Å². The van der Waals surface area contributed by atoms with E-state index in [0.717, 1.165) is 0 Å². The molecule has 1 aromatic heterocycles. The second-order valence-electron chi connectivity index (χ2n) is 2.38. The standard InChI is InChI=1S/C8H8ClN3O/c9-8-5(1-2-7(11)13)3-6(10)4-12-8/h1-4H,10H2,(H2,11,13). The quantitative estimate of drug-likeness (QED) is 0.544. The lowest BCUT2D eigenvalue weighted by Gasteiger charge is -1.97. The number of hydrogen-bond donors (Lipinski definition) is 2. The summed E-state index contributed by atoms with van der Waals surface area (Å²) in [5.41, 5.74) is 11.4. The zero-order valence-corrected chi connectivity index (χ0v) is 7.45. The molecule has 68 valence electrons. The third-order valence-corrected chi connectivity index (χ3v) is 1.63. The van der Waals surface area contributed by atoms with Gasteiger partial charge in [0.25, 0.3) is 0 Å². The highest BCUT2D eigenvalue weighted by molar-refractivity contribution is 6.31. The largest absolute Gasteiger partial charge is 0.397 e. The van der Waals surface area contributed by atoms with Gasteiger partial charge in [0.05, 0.1) is 11.9 Å². The van der Waals surface area contributed by atoms with E-state index >= 15 is 0 Å². The zero-order valence-electron chi connectivity index (χ0n) is 6.70. The highest BCUT2D eigenvalue weighted by Crippen LogP contribution is 2.16. The Morgan fingerprint density at radius 2 is 2.31 bits per heavy atom. The molecule has 13 heavy (non-hydrogen) atoms. The van der Waals surface area contributed by atoms with Gasteiger partial charge in [-0.25, -0.2) is 4.98 Å². The average Bonchev–Trinajstić information content (AvgIpc) is 2.06. The van der Waals surface area contributed by atoms with Crippen molar-refractivity contribution in [1.29, 1.82) is 0 Å². The van der Waals surface area contributed by atoms with Gasteiger partial charge in [0.2, 0.25) is 5.91 Å². The topological polar surface area (TPSA) is 82.0 Å². The number of halogens is 1. The maximum atomic E-state index is 10.4. The molecule has 0 aliphatic rings. The van der Waals surface area contributed by atoms with E-state index in [1.54, 1.807) is 6.07 Å². The molecular weight excluding hydrogens is 190 g/mol. The highest BCUT2D eigenvalue weighted by Gasteiger charge is 1.98. The molecule has 0 bridgehead atoms. The Bertz CT molecular complexity index is 362. The molecular formula is C8H8ClN3O. The number of hydrogen-bond acceptors (Lipinski definition) is 3. The number of carbonyl (C=O) groups is 1. The Morgan fingerprint density at radius 1 is 1.62 bits per heavy atom. The van der Waals surface area contributed by atoms with Gasteiger partial charge in [-0.3, -0.25) is 4.79 Å². The van der Waals surface area contributed by atoms with Crippen molar-refractivity contribution >= 4 is 29.3 Å². The molecule has 0 radical (unpaired) electrons. The number of anilines is 1. The molecule has 4 nitrogen and oxygen atoms in total. The number of rotatable bonds is 2. The van der Waals surface area contributed by atoms with Crippen LogP contribution in [0.1, 0.15) is 5.56 Å². The Morgan fingerprint density at radius 3 is 2.92 bits per heavy atom. The molecule has 1 heterocycles. The van der Waals surface area contributed by atoms with Crippen LogP contribution in [0.15, 0.2) is 18.3 Å². The van der Waals surface area contributed by atoms with Crippen molar-refractivity contribution in [3.63, 3.8) is 0 Å². The van der Waals surface area contributed by atoms with Crippen molar-refractivity contribution in [2.75, 3.05) is 5.73 Å². The van der Waals surface area contributed by atoms with Gasteiger partial charge in [0.1, 0.15) is 5.15 Å². The van der Waals surface area contributed by atoms with Gasteiger partial charge in [-0.2, -0.15) is 0 Å². The molecule has 1 rings (SSSR count). The van der Waals surface area contributed by atoms with Gasteiger partial charge in [-0.15, -0.1) is 0 Å². The Hall–Kier alpha value is -1.55. The molecule has 4 N–H and O–H groups in total. The van der Waals surface area contributed by atoms with E-state index in [1.165, 1.54) is 18.3 Å². The van der Waals surface area contributed by atoms with E-state index < -0.39 is 5.91 Å². The number of nitrogen functional groups attached to an aromatic ring is 1. The predicted octanol–water partition coefficient (Wildman–Crippen LogP) is 0.816. The van der Waals surface area contributed by atoms with E-state index in [0.29, 0.717) is 11.3 Å². The van der Waals surface area contributed by atoms with Crippen LogP contribution in [0.5, 0.6) is 0 Å². The van der Waals surface area contributed by atoms with Gasteiger partial charge in [-0.1, -0.05) is 11.6 Å². The van der Waals surface area contributed by atoms with Crippen LogP contribution in [0.3, 0.4) is 0 Å². The van der Waals surface area contributed by atoms with E-state index in [2.05, 4.69) is 4.98 Å². The molecule has 0 fully saturated rings. The van der Waals surface area contributed by atoms with Crippen molar-refractivity contribution in [2.45, 2.75) is 0 Å². The van der Waals surface area contributed by atoms with Crippen molar-refractivity contribution in [3.05, 3.63) is 29.1 Å². The normalized spacial score (nSPS) is 10.5. The first-order chi connectivity index (χ1) is 6.09. The lowest BCUT2D eigenvalue weighted by molar-refractivity contribution is -0.113. The summed E-state index contributed by atoms with van der Waals surface area (Å²) in [6.07, 6.45) is 4.10. The van der Waals surface area contributed by atoms with Crippen molar-refractivity contribution in [2.24, 2.45) is 5.73 Å². The molecule has 0 aromatic carbocycles. The third kappa shape index (κ3) is 2.76. The Kier molecular flexibility index (Phi) is 2.87. The van der Waals surface area contributed by atoms with E-state index in [1.807, 2.05) is 0 Å². The van der Waals surface area contributed by atoms with Crippen LogP contribution in [0.2, 0.25) is 5.15 Å². The number of primary amides is 1. The summed E-state index contributed by atoms with van der Waals surface area (Å²) < 4.78 is 0.